The van der Waals surface area contributed by atoms with Crippen LogP contribution in [0.4, 0.5) is 9.59 Å². The van der Waals surface area contributed by atoms with Gasteiger partial charge in [0, 0.05) is 69.1 Å². The normalized spacial score (nSPS) is 18.5. The van der Waals surface area contributed by atoms with Crippen LogP contribution in [-0.4, -0.2) is 146 Å². The third kappa shape index (κ3) is 46.6. The third-order valence-corrected chi connectivity index (χ3v) is 7.09. The summed E-state index contributed by atoms with van der Waals surface area (Å²) in [5.74, 6) is 0.824. The molecule has 0 bridgehead atoms. The zero-order chi connectivity index (χ0) is 35.6. The van der Waals surface area contributed by atoms with E-state index < -0.39 is 19.2 Å². The molecule has 332 valence electrons. The van der Waals surface area contributed by atoms with E-state index in [4.69, 9.17) is 29.0 Å². The number of amides is 2. The predicted molar refractivity (Wildman–Crippen MR) is 224 cm³/mol. The van der Waals surface area contributed by atoms with E-state index in [0.717, 1.165) is 57.8 Å². The summed E-state index contributed by atoms with van der Waals surface area (Å²) >= 11 is 0. The monoisotopic (exact) mass is 840 g/mol. The molecule has 3 aliphatic heterocycles. The summed E-state index contributed by atoms with van der Waals surface area (Å²) in [6, 6.07) is 0. The zero-order valence-corrected chi connectivity index (χ0v) is 30.5. The van der Waals surface area contributed by atoms with Crippen molar-refractivity contribution < 1.29 is 55.4 Å². The second kappa shape index (κ2) is 43.3. The maximum Gasteiger partial charge on any atom is 0.409 e. The van der Waals surface area contributed by atoms with E-state index in [9.17, 15) is 26.4 Å². The molecule has 0 saturated carbocycles. The Morgan fingerprint density at radius 1 is 0.698 bits per heavy atom. The topological polar surface area (TPSA) is 209 Å². The quantitative estimate of drug-likeness (QED) is 0.164. The Kier molecular flexibility index (Phi) is 59.4. The molecular weight excluding hydrogens is 754 g/mol. The Bertz CT molecular complexity index is 996. The molecule has 0 radical (unpaired) electrons. The predicted octanol–water partition coefficient (Wildman–Crippen LogP) is 6.29. The Hall–Kier alpha value is -1.47. The summed E-state index contributed by atoms with van der Waals surface area (Å²) in [7, 11) is -2.10. The lowest BCUT2D eigenvalue weighted by atomic mass is 10.00. The van der Waals surface area contributed by atoms with Crippen LogP contribution < -0.4 is 5.32 Å². The lowest BCUT2D eigenvalue weighted by Gasteiger charge is -2.31. The second-order valence-electron chi connectivity index (χ2n) is 10.9. The molecule has 0 aromatic carbocycles. The smallest absolute Gasteiger partial charge is 0.409 e. The van der Waals surface area contributed by atoms with Gasteiger partial charge in [-0.05, 0) is 77.7 Å². The Morgan fingerprint density at radius 2 is 1.06 bits per heavy atom. The van der Waals surface area contributed by atoms with Gasteiger partial charge in [-0.1, -0.05) is 52.0 Å². The molecule has 3 heterocycles. The van der Waals surface area contributed by atoms with Crippen LogP contribution in [0.25, 0.3) is 0 Å². The highest BCUT2D eigenvalue weighted by molar-refractivity contribution is 8.13. The number of nitrogens with one attached hydrogen (secondary N) is 1. The number of hydrogen-bond donors (Lipinski definition) is 4. The number of piperidine rings is 3. The highest BCUT2D eigenvalue weighted by Crippen LogP contribution is 2.18. The largest absolute Gasteiger partial charge is 0.450 e. The standard InChI is InChI=1S/C10H19NO5S.C9H17NO3.C6H13NO.C2H6O.CH3ClO2S.7CH4/c1-3-15-10(12)11-6-4-5-9(7-11)8-16-17(2,13)14;1-2-13-9(12)10-5-3-4-8(6-10)7-11;8-5-6-2-1-3-7-4-6;1-2-3;1-5(2,3)4;;;;;;;/h9H,3-8H2,1-2H3;8,11H,2-7H2,1H3;6-8H,1-5H2;3H,2H2,1H3;1H3;7*1H4. The Balaban J connectivity index is -0.0000000690. The van der Waals surface area contributed by atoms with Crippen LogP contribution in [0.15, 0.2) is 0 Å². The molecule has 0 aromatic heterocycles. The lowest BCUT2D eigenvalue weighted by molar-refractivity contribution is 0.0760. The van der Waals surface area contributed by atoms with E-state index >= 15 is 0 Å². The van der Waals surface area contributed by atoms with E-state index in [0.29, 0.717) is 45.4 Å². The molecule has 4 N–H and O–H groups in total. The number of aliphatic hydroxyl groups excluding tert-OH is 3. The molecule has 3 fully saturated rings. The molecule has 3 rings (SSSR count). The number of likely N-dealkylation sites (tertiary alicyclic amines) is 2. The minimum atomic E-state index is -3.41. The van der Waals surface area contributed by atoms with Gasteiger partial charge in [-0.2, -0.15) is 8.42 Å². The van der Waals surface area contributed by atoms with Crippen molar-refractivity contribution in [1.29, 1.82) is 0 Å². The van der Waals surface area contributed by atoms with Crippen molar-refractivity contribution in [1.82, 2.24) is 15.1 Å². The molecule has 15 nitrogen and oxygen atoms in total. The van der Waals surface area contributed by atoms with E-state index in [1.54, 1.807) is 30.6 Å². The zero-order valence-electron chi connectivity index (χ0n) is 28.1. The maximum absolute atomic E-state index is 11.5. The van der Waals surface area contributed by atoms with Gasteiger partial charge in [-0.3, -0.25) is 4.18 Å². The van der Waals surface area contributed by atoms with Crippen molar-refractivity contribution in [3.8, 4) is 0 Å². The first-order valence-corrected chi connectivity index (χ1v) is 20.2. The summed E-state index contributed by atoms with van der Waals surface area (Å²) in [6.45, 7) is 11.6. The van der Waals surface area contributed by atoms with Gasteiger partial charge in [-0.25, -0.2) is 18.0 Å². The van der Waals surface area contributed by atoms with Gasteiger partial charge in [0.2, 0.25) is 9.05 Å². The van der Waals surface area contributed by atoms with E-state index in [1.807, 2.05) is 0 Å². The van der Waals surface area contributed by atoms with Crippen molar-refractivity contribution >= 4 is 42.0 Å². The summed E-state index contributed by atoms with van der Waals surface area (Å²) in [6.07, 6.45) is 7.47. The highest BCUT2D eigenvalue weighted by Gasteiger charge is 2.26. The van der Waals surface area contributed by atoms with Crippen LogP contribution >= 0.6 is 10.7 Å². The molecule has 2 amide bonds. The Labute approximate surface area is 332 Å². The number of carbonyl (C=O) groups is 2. The minimum absolute atomic E-state index is 0. The highest BCUT2D eigenvalue weighted by atomic mass is 35.7. The molecule has 53 heavy (non-hydrogen) atoms. The summed E-state index contributed by atoms with van der Waals surface area (Å²) in [5.41, 5.74) is 0. The van der Waals surface area contributed by atoms with Gasteiger partial charge in [0.15, 0.2) is 0 Å². The maximum atomic E-state index is 11.5. The molecule has 3 saturated heterocycles. The van der Waals surface area contributed by atoms with Crippen molar-refractivity contribution in [2.45, 2.75) is 111 Å². The molecular formula is C35H86ClN3O12S2. The fourth-order valence-electron chi connectivity index (χ4n) is 4.48. The third-order valence-electron chi connectivity index (χ3n) is 6.52. The average molecular weight is 841 g/mol. The summed E-state index contributed by atoms with van der Waals surface area (Å²) in [5, 5.41) is 28.4. The average Bonchev–Trinajstić information content (AvgIpc) is 3.01. The van der Waals surface area contributed by atoms with Crippen LogP contribution in [0.3, 0.4) is 0 Å². The number of hydrogen-bond acceptors (Lipinski definition) is 13. The molecule has 3 aliphatic rings. The van der Waals surface area contributed by atoms with Crippen LogP contribution in [0.1, 0.15) is 111 Å². The van der Waals surface area contributed by atoms with Gasteiger partial charge < -0.3 is 39.9 Å². The van der Waals surface area contributed by atoms with Crippen molar-refractivity contribution in [3.63, 3.8) is 0 Å². The Morgan fingerprint density at radius 3 is 1.36 bits per heavy atom. The minimum Gasteiger partial charge on any atom is -0.450 e. The molecule has 18 heteroatoms. The first-order chi connectivity index (χ1) is 21.5. The molecule has 3 unspecified atom stereocenters. The SMILES string of the molecule is C.C.C.C.C.C.C.CCO.CCOC(=O)N1CCCC(CO)C1.CCOC(=O)N1CCCC(COS(C)(=O)=O)C1.CS(=O)(=O)Cl.OCC1CCCNC1. The fraction of sp³-hybridized carbons (Fsp3) is 0.943. The second-order valence-corrected chi connectivity index (χ2v) is 15.6. The van der Waals surface area contributed by atoms with Crippen molar-refractivity contribution in [2.24, 2.45) is 17.8 Å². The van der Waals surface area contributed by atoms with Gasteiger partial charge in [-0.15, -0.1) is 0 Å². The van der Waals surface area contributed by atoms with Gasteiger partial charge in [0.05, 0.1) is 32.3 Å². The lowest BCUT2D eigenvalue weighted by Crippen LogP contribution is -2.41. The van der Waals surface area contributed by atoms with E-state index in [1.165, 1.54) is 12.8 Å². The van der Waals surface area contributed by atoms with E-state index in [2.05, 4.69) is 16.0 Å². The molecule has 0 spiro atoms. The first-order valence-electron chi connectivity index (χ1n) is 15.7. The number of nitrogens with zero attached hydrogens (tertiary/aromatic N) is 2. The fourth-order valence-corrected chi connectivity index (χ4v) is 4.92. The first kappa shape index (κ1) is 72.7. The van der Waals surface area contributed by atoms with Crippen molar-refractivity contribution in [3.05, 3.63) is 0 Å². The van der Waals surface area contributed by atoms with Gasteiger partial charge >= 0.3 is 12.2 Å². The number of ether oxygens (including phenoxy) is 2. The number of aliphatic hydroxyl groups is 3. The molecule has 3 atom stereocenters. The van der Waals surface area contributed by atoms with Gasteiger partial charge in [0.25, 0.3) is 10.1 Å². The summed E-state index contributed by atoms with van der Waals surface area (Å²) in [4.78, 5) is 26.0. The van der Waals surface area contributed by atoms with Crippen LogP contribution in [0, 0.1) is 17.8 Å². The van der Waals surface area contributed by atoms with Crippen LogP contribution in [-0.2, 0) is 32.8 Å². The molecule has 0 aromatic rings. The van der Waals surface area contributed by atoms with E-state index in [-0.39, 0.29) is 95.8 Å². The van der Waals surface area contributed by atoms with Crippen molar-refractivity contribution in [2.75, 3.05) is 91.4 Å². The number of rotatable bonds is 7. The van der Waals surface area contributed by atoms with Crippen LogP contribution in [0.2, 0.25) is 0 Å². The molecule has 0 aliphatic carbocycles. The summed E-state index contributed by atoms with van der Waals surface area (Å²) < 4.78 is 55.1. The number of carbonyl (C=O) groups excluding carboxylic acids is 2. The number of halogens is 1. The van der Waals surface area contributed by atoms with Gasteiger partial charge in [0.1, 0.15) is 0 Å². The van der Waals surface area contributed by atoms with Crippen LogP contribution in [0.5, 0.6) is 0 Å².